The third kappa shape index (κ3) is 4.42. The van der Waals surface area contributed by atoms with E-state index in [1.807, 2.05) is 60.7 Å². The number of amides is 1. The van der Waals surface area contributed by atoms with E-state index in [0.29, 0.717) is 17.9 Å². The number of ether oxygens (including phenoxy) is 1. The van der Waals surface area contributed by atoms with Crippen molar-refractivity contribution in [1.82, 2.24) is 4.98 Å². The van der Waals surface area contributed by atoms with Gasteiger partial charge in [-0.3, -0.25) is 4.79 Å². The molecule has 0 unspecified atom stereocenters. The number of carbonyl (C=O) groups is 1. The summed E-state index contributed by atoms with van der Waals surface area (Å²) >= 11 is 1.59. The highest BCUT2D eigenvalue weighted by molar-refractivity contribution is 7.21. The normalized spacial score (nSPS) is 10.4. The monoisotopic (exact) mass is 399 g/mol. The van der Waals surface area contributed by atoms with Gasteiger partial charge >= 0.3 is 0 Å². The van der Waals surface area contributed by atoms with Gasteiger partial charge in [0.05, 0.1) is 28.3 Å². The summed E-state index contributed by atoms with van der Waals surface area (Å²) in [5.41, 5.74) is 3.38. The Morgan fingerprint density at radius 2 is 1.79 bits per heavy atom. The van der Waals surface area contributed by atoms with Crippen molar-refractivity contribution < 1.29 is 9.53 Å². The maximum absolute atomic E-state index is 12.3. The van der Waals surface area contributed by atoms with E-state index in [1.54, 1.807) is 23.5 Å². The number of nitriles is 1. The summed E-state index contributed by atoms with van der Waals surface area (Å²) in [6.07, 6.45) is 0.347. The van der Waals surface area contributed by atoms with E-state index >= 15 is 0 Å². The Hall–Kier alpha value is -3.69. The van der Waals surface area contributed by atoms with Crippen molar-refractivity contribution in [2.75, 3.05) is 11.9 Å². The molecular formula is C23H17N3O2S. The predicted molar refractivity (Wildman–Crippen MR) is 115 cm³/mol. The Labute approximate surface area is 172 Å². The van der Waals surface area contributed by atoms with E-state index in [2.05, 4.69) is 16.4 Å². The number of thiazole rings is 1. The molecule has 0 bridgehead atoms. The van der Waals surface area contributed by atoms with Crippen LogP contribution in [0.4, 0.5) is 5.69 Å². The molecule has 0 aliphatic carbocycles. The second-order valence-corrected chi connectivity index (χ2v) is 7.38. The van der Waals surface area contributed by atoms with Gasteiger partial charge in [-0.25, -0.2) is 4.98 Å². The highest BCUT2D eigenvalue weighted by Crippen LogP contribution is 2.35. The summed E-state index contributed by atoms with van der Waals surface area (Å²) in [7, 11) is 0. The second-order valence-electron chi connectivity index (χ2n) is 6.35. The zero-order valence-corrected chi connectivity index (χ0v) is 16.3. The van der Waals surface area contributed by atoms with Gasteiger partial charge in [-0.1, -0.05) is 36.4 Å². The number of benzene rings is 3. The van der Waals surface area contributed by atoms with Crippen LogP contribution < -0.4 is 10.1 Å². The Kier molecular flexibility index (Phi) is 5.50. The SMILES string of the molecule is N#CCc1ccc(NC(=O)COc2ccccc2-c2nc3ccccc3s2)cc1. The number of aromatic nitrogens is 1. The van der Waals surface area contributed by atoms with Gasteiger partial charge < -0.3 is 10.1 Å². The van der Waals surface area contributed by atoms with Crippen LogP contribution in [0.2, 0.25) is 0 Å². The zero-order valence-electron chi connectivity index (χ0n) is 15.5. The van der Waals surface area contributed by atoms with Gasteiger partial charge in [0.2, 0.25) is 0 Å². The van der Waals surface area contributed by atoms with Crippen LogP contribution >= 0.6 is 11.3 Å². The van der Waals surface area contributed by atoms with E-state index in [0.717, 1.165) is 26.4 Å². The average Bonchev–Trinajstić information content (AvgIpc) is 3.18. The third-order valence-corrected chi connectivity index (χ3v) is 5.36. The molecule has 0 saturated carbocycles. The van der Waals surface area contributed by atoms with E-state index < -0.39 is 0 Å². The van der Waals surface area contributed by atoms with Crippen LogP contribution in [0.1, 0.15) is 5.56 Å². The minimum Gasteiger partial charge on any atom is -0.483 e. The largest absolute Gasteiger partial charge is 0.483 e. The lowest BCUT2D eigenvalue weighted by molar-refractivity contribution is -0.118. The smallest absolute Gasteiger partial charge is 0.262 e. The van der Waals surface area contributed by atoms with Crippen LogP contribution in [0, 0.1) is 11.3 Å². The summed E-state index contributed by atoms with van der Waals surface area (Å²) in [6.45, 7) is -0.109. The summed E-state index contributed by atoms with van der Waals surface area (Å²) in [6, 6.07) is 24.8. The molecule has 0 fully saturated rings. The molecule has 142 valence electrons. The number of anilines is 1. The van der Waals surface area contributed by atoms with Crippen LogP contribution in [-0.4, -0.2) is 17.5 Å². The first-order valence-corrected chi connectivity index (χ1v) is 9.88. The van der Waals surface area contributed by atoms with E-state index in [1.165, 1.54) is 0 Å². The standard InChI is InChI=1S/C23H17N3O2S/c24-14-13-16-9-11-17(12-10-16)25-22(27)15-28-20-7-3-1-5-18(20)23-26-19-6-2-4-8-21(19)29-23/h1-12H,13,15H2,(H,25,27). The molecule has 29 heavy (non-hydrogen) atoms. The Morgan fingerprint density at radius 1 is 1.03 bits per heavy atom. The van der Waals surface area contributed by atoms with Crippen molar-refractivity contribution >= 4 is 33.1 Å². The second kappa shape index (κ2) is 8.55. The minimum absolute atomic E-state index is 0.109. The molecule has 4 rings (SSSR count). The Morgan fingerprint density at radius 3 is 2.59 bits per heavy atom. The van der Waals surface area contributed by atoms with Crippen LogP contribution in [-0.2, 0) is 11.2 Å². The number of carbonyl (C=O) groups excluding carboxylic acids is 1. The number of hydrogen-bond donors (Lipinski definition) is 1. The maximum atomic E-state index is 12.3. The van der Waals surface area contributed by atoms with Gasteiger partial charge in [0, 0.05) is 5.69 Å². The first kappa shape index (κ1) is 18.7. The van der Waals surface area contributed by atoms with E-state index in [4.69, 9.17) is 10.00 Å². The maximum Gasteiger partial charge on any atom is 0.262 e. The molecule has 3 aromatic carbocycles. The van der Waals surface area contributed by atoms with Crippen molar-refractivity contribution in [3.8, 4) is 22.4 Å². The molecule has 1 aromatic heterocycles. The van der Waals surface area contributed by atoms with Crippen LogP contribution in [0.25, 0.3) is 20.8 Å². The Balaban J connectivity index is 1.45. The van der Waals surface area contributed by atoms with E-state index in [-0.39, 0.29) is 12.5 Å². The molecule has 1 N–H and O–H groups in total. The first-order chi connectivity index (χ1) is 14.2. The van der Waals surface area contributed by atoms with Crippen molar-refractivity contribution in [2.45, 2.75) is 6.42 Å². The number of rotatable bonds is 6. The molecule has 1 amide bonds. The average molecular weight is 399 g/mol. The molecule has 0 atom stereocenters. The van der Waals surface area contributed by atoms with Crippen LogP contribution in [0.5, 0.6) is 5.75 Å². The van der Waals surface area contributed by atoms with Crippen molar-refractivity contribution in [2.24, 2.45) is 0 Å². The molecule has 0 saturated heterocycles. The molecule has 0 aliphatic heterocycles. The lowest BCUT2D eigenvalue weighted by Crippen LogP contribution is -2.20. The first-order valence-electron chi connectivity index (χ1n) is 9.06. The van der Waals surface area contributed by atoms with Gasteiger partial charge in [-0.05, 0) is 42.0 Å². The van der Waals surface area contributed by atoms with Crippen LogP contribution in [0.3, 0.4) is 0 Å². The number of fused-ring (bicyclic) bond motifs is 1. The van der Waals surface area contributed by atoms with Crippen molar-refractivity contribution in [3.63, 3.8) is 0 Å². The van der Waals surface area contributed by atoms with Gasteiger partial charge in [0.1, 0.15) is 10.8 Å². The van der Waals surface area contributed by atoms with Crippen LogP contribution in [0.15, 0.2) is 72.8 Å². The third-order valence-electron chi connectivity index (χ3n) is 4.29. The lowest BCUT2D eigenvalue weighted by Gasteiger charge is -2.10. The van der Waals surface area contributed by atoms with E-state index in [9.17, 15) is 4.79 Å². The number of nitrogens with one attached hydrogen (secondary N) is 1. The molecule has 4 aromatic rings. The van der Waals surface area contributed by atoms with Crippen molar-refractivity contribution in [3.05, 3.63) is 78.4 Å². The summed E-state index contributed by atoms with van der Waals surface area (Å²) < 4.78 is 6.90. The number of para-hydroxylation sites is 2. The van der Waals surface area contributed by atoms with Gasteiger partial charge in [0.25, 0.3) is 5.91 Å². The van der Waals surface area contributed by atoms with Gasteiger partial charge in [0.15, 0.2) is 6.61 Å². The summed E-state index contributed by atoms with van der Waals surface area (Å²) in [5.74, 6) is 0.364. The molecular weight excluding hydrogens is 382 g/mol. The van der Waals surface area contributed by atoms with Gasteiger partial charge in [-0.15, -0.1) is 11.3 Å². The molecule has 0 aliphatic rings. The molecule has 0 spiro atoms. The molecule has 6 heteroatoms. The van der Waals surface area contributed by atoms with Crippen molar-refractivity contribution in [1.29, 1.82) is 5.26 Å². The van der Waals surface area contributed by atoms with Gasteiger partial charge in [-0.2, -0.15) is 5.26 Å². The summed E-state index contributed by atoms with van der Waals surface area (Å²) in [5, 5.41) is 12.4. The number of hydrogen-bond acceptors (Lipinski definition) is 5. The molecule has 0 radical (unpaired) electrons. The molecule has 5 nitrogen and oxygen atoms in total. The molecule has 1 heterocycles. The lowest BCUT2D eigenvalue weighted by atomic mass is 10.1. The topological polar surface area (TPSA) is 75.0 Å². The number of nitrogens with zero attached hydrogens (tertiary/aromatic N) is 2. The summed E-state index contributed by atoms with van der Waals surface area (Å²) in [4.78, 5) is 17.0. The fourth-order valence-corrected chi connectivity index (χ4v) is 3.89. The fraction of sp³-hybridized carbons (Fsp3) is 0.0870. The Bertz CT molecular complexity index is 1160. The zero-order chi connectivity index (χ0) is 20.1. The highest BCUT2D eigenvalue weighted by atomic mass is 32.1. The fourth-order valence-electron chi connectivity index (χ4n) is 2.89. The quantitative estimate of drug-likeness (QED) is 0.492. The predicted octanol–water partition coefficient (Wildman–Crippen LogP) is 5.05. The minimum atomic E-state index is -0.253. The highest BCUT2D eigenvalue weighted by Gasteiger charge is 2.12.